The van der Waals surface area contributed by atoms with Crippen LogP contribution >= 0.6 is 34.8 Å². The number of nitrogens with zero attached hydrogens (tertiary/aromatic N) is 3. The van der Waals surface area contributed by atoms with Gasteiger partial charge in [0.1, 0.15) is 11.6 Å². The topological polar surface area (TPSA) is 112 Å². The van der Waals surface area contributed by atoms with Crippen molar-refractivity contribution >= 4 is 62.4 Å². The molecule has 1 saturated heterocycles. The Hall–Kier alpha value is -2.44. The number of nitrogens with one attached hydrogen (secondary N) is 1. The molecule has 13 heteroatoms. The van der Waals surface area contributed by atoms with Gasteiger partial charge in [-0.3, -0.25) is 9.69 Å². The number of sulfonamides is 1. The van der Waals surface area contributed by atoms with Crippen molar-refractivity contribution in [2.75, 3.05) is 35.9 Å². The first-order valence-electron chi connectivity index (χ1n) is 11.7. The zero-order chi connectivity index (χ0) is 27.0. The fourth-order valence-electron chi connectivity index (χ4n) is 4.61. The van der Waals surface area contributed by atoms with Gasteiger partial charge in [0.2, 0.25) is 6.41 Å². The summed E-state index contributed by atoms with van der Waals surface area (Å²) < 4.78 is 34.1. The van der Waals surface area contributed by atoms with Gasteiger partial charge >= 0.3 is 0 Å². The third kappa shape index (κ3) is 5.48. The van der Waals surface area contributed by atoms with Gasteiger partial charge in [0.05, 0.1) is 27.1 Å². The zero-order valence-electron chi connectivity index (χ0n) is 19.9. The molecule has 200 valence electrons. The minimum absolute atomic E-state index is 0.0141. The maximum atomic E-state index is 13.8. The first-order valence-corrected chi connectivity index (χ1v) is 14.3. The Morgan fingerprint density at radius 1 is 1.11 bits per heavy atom. The van der Waals surface area contributed by atoms with Crippen LogP contribution in [0.2, 0.25) is 15.1 Å². The summed E-state index contributed by atoms with van der Waals surface area (Å²) in [5, 5.41) is 13.4. The van der Waals surface area contributed by atoms with Crippen molar-refractivity contribution in [3.8, 4) is 0 Å². The van der Waals surface area contributed by atoms with E-state index in [0.29, 0.717) is 31.7 Å². The van der Waals surface area contributed by atoms with Crippen molar-refractivity contribution in [1.82, 2.24) is 9.88 Å². The van der Waals surface area contributed by atoms with Crippen LogP contribution in [0.25, 0.3) is 0 Å². The van der Waals surface area contributed by atoms with Crippen molar-refractivity contribution in [3.05, 3.63) is 80.8 Å². The molecule has 38 heavy (non-hydrogen) atoms. The van der Waals surface area contributed by atoms with E-state index in [1.165, 1.54) is 16.4 Å². The highest BCUT2D eigenvalue weighted by molar-refractivity contribution is 7.92. The number of fused-ring (bicyclic) bond motifs is 1. The monoisotopic (exact) mass is 596 g/mol. The van der Waals surface area contributed by atoms with E-state index in [1.54, 1.807) is 47.4 Å². The molecule has 0 bridgehead atoms. The van der Waals surface area contributed by atoms with Crippen molar-refractivity contribution in [3.63, 3.8) is 0 Å². The molecule has 3 heterocycles. The third-order valence-electron chi connectivity index (χ3n) is 6.39. The molecule has 2 aliphatic rings. The number of carbonyl (C=O) groups is 1. The number of ether oxygens (including phenoxy) is 1. The smallest absolute Gasteiger partial charge is 0.265 e. The average molecular weight is 598 g/mol. The molecule has 2 unspecified atom stereocenters. The summed E-state index contributed by atoms with van der Waals surface area (Å²) in [7, 11) is -4.07. The summed E-state index contributed by atoms with van der Waals surface area (Å²) in [5.74, 6) is -0.397. The number of halogens is 3. The van der Waals surface area contributed by atoms with Crippen molar-refractivity contribution in [2.24, 2.45) is 5.92 Å². The number of aliphatic hydroxyl groups is 1. The molecular formula is C25H23Cl3N4O5S. The highest BCUT2D eigenvalue weighted by atomic mass is 35.5. The first kappa shape index (κ1) is 27.1. The van der Waals surface area contributed by atoms with Gasteiger partial charge in [0, 0.05) is 24.7 Å². The average Bonchev–Trinajstić information content (AvgIpc) is 3.27. The molecule has 2 atom stereocenters. The second kappa shape index (κ2) is 11.0. The van der Waals surface area contributed by atoms with Crippen LogP contribution in [0.15, 0.2) is 59.5 Å². The number of aliphatic hydroxyl groups excluding tert-OH is 1. The number of benzene rings is 2. The predicted octanol–water partition coefficient (Wildman–Crippen LogP) is 4.27. The summed E-state index contributed by atoms with van der Waals surface area (Å²) >= 11 is 18.4. The van der Waals surface area contributed by atoms with E-state index in [2.05, 4.69) is 10.3 Å². The van der Waals surface area contributed by atoms with E-state index in [4.69, 9.17) is 39.5 Å². The van der Waals surface area contributed by atoms with E-state index < -0.39 is 22.3 Å². The SMILES string of the molecule is O=C(Nc1ccc2c(n1)N(S(=O)(=O)c1cccc(Cl)c1)CC(CN1CCOC1O)C2)c1c(Cl)cccc1Cl. The van der Waals surface area contributed by atoms with Gasteiger partial charge in [-0.25, -0.2) is 17.7 Å². The van der Waals surface area contributed by atoms with Gasteiger partial charge in [-0.2, -0.15) is 0 Å². The van der Waals surface area contributed by atoms with Crippen molar-refractivity contribution in [2.45, 2.75) is 17.7 Å². The van der Waals surface area contributed by atoms with Gasteiger partial charge in [-0.1, -0.05) is 53.0 Å². The fourth-order valence-corrected chi connectivity index (χ4v) is 7.00. The third-order valence-corrected chi connectivity index (χ3v) is 9.01. The summed E-state index contributed by atoms with van der Waals surface area (Å²) in [6.45, 7) is 1.46. The minimum atomic E-state index is -4.07. The molecule has 0 spiro atoms. The maximum Gasteiger partial charge on any atom is 0.265 e. The lowest BCUT2D eigenvalue weighted by molar-refractivity contribution is -0.136. The lowest BCUT2D eigenvalue weighted by Crippen LogP contribution is -2.45. The van der Waals surface area contributed by atoms with E-state index in [1.807, 2.05) is 0 Å². The first-order chi connectivity index (χ1) is 18.1. The summed E-state index contributed by atoms with van der Waals surface area (Å²) in [4.78, 5) is 19.2. The summed E-state index contributed by atoms with van der Waals surface area (Å²) in [5.41, 5.74) is 0.764. The van der Waals surface area contributed by atoms with Crippen molar-refractivity contribution in [1.29, 1.82) is 0 Å². The second-order valence-electron chi connectivity index (χ2n) is 8.99. The van der Waals surface area contributed by atoms with Gasteiger partial charge < -0.3 is 15.2 Å². The number of anilines is 2. The Bertz CT molecular complexity index is 1470. The molecule has 0 radical (unpaired) electrons. The van der Waals surface area contributed by atoms with Gasteiger partial charge in [0.25, 0.3) is 15.9 Å². The Balaban J connectivity index is 1.50. The molecular weight excluding hydrogens is 575 g/mol. The van der Waals surface area contributed by atoms with Gasteiger partial charge in [-0.15, -0.1) is 0 Å². The molecule has 2 aromatic carbocycles. The highest BCUT2D eigenvalue weighted by Gasteiger charge is 2.37. The lowest BCUT2D eigenvalue weighted by Gasteiger charge is -2.36. The summed E-state index contributed by atoms with van der Waals surface area (Å²) in [6.07, 6.45) is -0.515. The van der Waals surface area contributed by atoms with Crippen LogP contribution in [-0.2, 0) is 21.2 Å². The Kier molecular flexibility index (Phi) is 7.84. The molecule has 1 amide bonds. The largest absolute Gasteiger partial charge is 0.356 e. The van der Waals surface area contributed by atoms with Crippen LogP contribution in [0.1, 0.15) is 15.9 Å². The van der Waals surface area contributed by atoms with Crippen LogP contribution < -0.4 is 9.62 Å². The molecule has 0 aliphatic carbocycles. The Morgan fingerprint density at radius 2 is 1.84 bits per heavy atom. The standard InChI is InChI=1S/C25H23Cl3N4O5S/c26-17-3-1-4-18(12-17)38(35,36)32-14-15(13-31-9-10-37-25(31)34)11-16-7-8-21(29-23(16)32)30-24(33)22-19(27)5-2-6-20(22)28/h1-8,12,15,25,34H,9-11,13-14H2,(H,29,30,33). The number of pyridine rings is 1. The number of carbonyl (C=O) groups excluding carboxylic acids is 1. The zero-order valence-corrected chi connectivity index (χ0v) is 22.9. The number of aromatic nitrogens is 1. The van der Waals surface area contributed by atoms with E-state index in [9.17, 15) is 18.3 Å². The highest BCUT2D eigenvalue weighted by Crippen LogP contribution is 2.35. The Labute approximate surface area is 234 Å². The molecule has 9 nitrogen and oxygen atoms in total. The number of amides is 1. The van der Waals surface area contributed by atoms with Crippen LogP contribution in [0, 0.1) is 5.92 Å². The lowest BCUT2D eigenvalue weighted by atomic mass is 9.95. The Morgan fingerprint density at radius 3 is 2.53 bits per heavy atom. The van der Waals surface area contributed by atoms with E-state index in [-0.39, 0.29) is 49.6 Å². The predicted molar refractivity (Wildman–Crippen MR) is 145 cm³/mol. The maximum absolute atomic E-state index is 13.8. The summed E-state index contributed by atoms with van der Waals surface area (Å²) in [6, 6.07) is 14.0. The van der Waals surface area contributed by atoms with E-state index >= 15 is 0 Å². The number of hydrogen-bond donors (Lipinski definition) is 2. The van der Waals surface area contributed by atoms with Gasteiger partial charge in [-0.05, 0) is 54.3 Å². The molecule has 3 aromatic rings. The molecule has 2 N–H and O–H groups in total. The fraction of sp³-hybridized carbons (Fsp3) is 0.280. The van der Waals surface area contributed by atoms with Crippen molar-refractivity contribution < 1.29 is 23.1 Å². The second-order valence-corrected chi connectivity index (χ2v) is 12.1. The molecule has 1 aromatic heterocycles. The minimum Gasteiger partial charge on any atom is -0.356 e. The van der Waals surface area contributed by atoms with Crippen LogP contribution in [0.5, 0.6) is 0 Å². The van der Waals surface area contributed by atoms with Crippen LogP contribution in [0.4, 0.5) is 11.6 Å². The van der Waals surface area contributed by atoms with Gasteiger partial charge in [0.15, 0.2) is 0 Å². The number of hydrogen-bond acceptors (Lipinski definition) is 7. The molecule has 2 aliphatic heterocycles. The number of rotatable bonds is 6. The van der Waals surface area contributed by atoms with Crippen LogP contribution in [-0.4, -0.2) is 62.0 Å². The van der Waals surface area contributed by atoms with Crippen LogP contribution in [0.3, 0.4) is 0 Å². The van der Waals surface area contributed by atoms with E-state index in [0.717, 1.165) is 0 Å². The molecule has 0 saturated carbocycles. The molecule has 5 rings (SSSR count). The quantitative estimate of drug-likeness (QED) is 0.437. The normalized spacial score (nSPS) is 19.8. The molecule has 1 fully saturated rings.